The molecule has 1 atom stereocenters. The van der Waals surface area contributed by atoms with Gasteiger partial charge in [0, 0.05) is 38.6 Å². The molecule has 0 aliphatic carbocycles. The molecular weight excluding hydrogens is 308 g/mol. The second kappa shape index (κ2) is 9.71. The summed E-state index contributed by atoms with van der Waals surface area (Å²) in [6.45, 7) is 9.14. The van der Waals surface area contributed by atoms with Crippen molar-refractivity contribution >= 4 is 10.8 Å². The van der Waals surface area contributed by atoms with Gasteiger partial charge in [-0.05, 0) is 29.7 Å². The number of hydrogen-bond donors (Lipinski definition) is 1. The number of nitrogens with zero attached hydrogens (tertiary/aromatic N) is 1. The van der Waals surface area contributed by atoms with Gasteiger partial charge in [-0.25, -0.2) is 0 Å². The van der Waals surface area contributed by atoms with Crippen LogP contribution in [0.5, 0.6) is 0 Å². The highest BCUT2D eigenvalue weighted by atomic mass is 16.5. The lowest BCUT2D eigenvalue weighted by molar-refractivity contribution is 0.0384. The summed E-state index contributed by atoms with van der Waals surface area (Å²) in [6.07, 6.45) is 5.52. The van der Waals surface area contributed by atoms with E-state index < -0.39 is 0 Å². The van der Waals surface area contributed by atoms with Crippen molar-refractivity contribution in [1.82, 2.24) is 10.2 Å². The summed E-state index contributed by atoms with van der Waals surface area (Å²) >= 11 is 0. The third kappa shape index (κ3) is 5.15. The largest absolute Gasteiger partial charge is 0.379 e. The number of allylic oxidation sites excluding steroid dienone is 2. The molecule has 0 radical (unpaired) electrons. The van der Waals surface area contributed by atoms with Crippen LogP contribution >= 0.6 is 0 Å². The lowest BCUT2D eigenvalue weighted by atomic mass is 9.90. The number of ether oxygens (including phenoxy) is 1. The molecule has 1 aliphatic heterocycles. The lowest BCUT2D eigenvalue weighted by Gasteiger charge is -2.27. The van der Waals surface area contributed by atoms with E-state index >= 15 is 0 Å². The molecular formula is C22H30N2O. The number of fused-ring (bicyclic) bond motifs is 1. The van der Waals surface area contributed by atoms with Crippen molar-refractivity contribution in [3.8, 4) is 0 Å². The second-order valence-electron chi connectivity index (χ2n) is 6.73. The molecule has 3 nitrogen and oxygen atoms in total. The minimum atomic E-state index is 0.506. The Morgan fingerprint density at radius 2 is 1.92 bits per heavy atom. The quantitative estimate of drug-likeness (QED) is 0.585. The highest BCUT2D eigenvalue weighted by molar-refractivity contribution is 5.86. The first-order chi connectivity index (χ1) is 12.4. The van der Waals surface area contributed by atoms with Gasteiger partial charge >= 0.3 is 0 Å². The van der Waals surface area contributed by atoms with Crippen LogP contribution < -0.4 is 5.32 Å². The fourth-order valence-corrected chi connectivity index (χ4v) is 3.57. The van der Waals surface area contributed by atoms with Gasteiger partial charge in [-0.1, -0.05) is 54.6 Å². The molecule has 3 heteroatoms. The first-order valence-electron chi connectivity index (χ1n) is 9.48. The van der Waals surface area contributed by atoms with E-state index in [1.165, 1.54) is 16.3 Å². The lowest BCUT2D eigenvalue weighted by Crippen LogP contribution is -2.40. The Kier molecular flexibility index (Phi) is 7.04. The van der Waals surface area contributed by atoms with Crippen LogP contribution in [0.2, 0.25) is 0 Å². The summed E-state index contributed by atoms with van der Waals surface area (Å²) in [6, 6.07) is 15.4. The fraction of sp³-hybridized carbons (Fsp3) is 0.455. The molecule has 1 N–H and O–H groups in total. The highest BCUT2D eigenvalue weighted by Gasteiger charge is 2.14. The van der Waals surface area contributed by atoms with Crippen LogP contribution in [-0.2, 0) is 4.74 Å². The van der Waals surface area contributed by atoms with Gasteiger partial charge in [-0.3, -0.25) is 4.90 Å². The summed E-state index contributed by atoms with van der Waals surface area (Å²) in [7, 11) is 0. The van der Waals surface area contributed by atoms with Gasteiger partial charge in [0.15, 0.2) is 0 Å². The maximum atomic E-state index is 5.42. The number of hydrogen-bond acceptors (Lipinski definition) is 3. The topological polar surface area (TPSA) is 24.5 Å². The van der Waals surface area contributed by atoms with E-state index in [-0.39, 0.29) is 0 Å². The van der Waals surface area contributed by atoms with Gasteiger partial charge in [-0.2, -0.15) is 0 Å². The van der Waals surface area contributed by atoms with Crippen molar-refractivity contribution in [2.24, 2.45) is 0 Å². The molecule has 1 heterocycles. The van der Waals surface area contributed by atoms with Gasteiger partial charge < -0.3 is 10.1 Å². The van der Waals surface area contributed by atoms with Crippen molar-refractivity contribution in [1.29, 1.82) is 0 Å². The van der Waals surface area contributed by atoms with Crippen LogP contribution in [-0.4, -0.2) is 50.8 Å². The monoisotopic (exact) mass is 338 g/mol. The summed E-state index contributed by atoms with van der Waals surface area (Å²) in [5.74, 6) is 0.506. The van der Waals surface area contributed by atoms with E-state index in [2.05, 4.69) is 71.8 Å². The second-order valence-corrected chi connectivity index (χ2v) is 6.73. The zero-order valence-corrected chi connectivity index (χ0v) is 15.3. The molecule has 1 saturated heterocycles. The van der Waals surface area contributed by atoms with Crippen molar-refractivity contribution < 1.29 is 4.74 Å². The predicted molar refractivity (Wildman–Crippen MR) is 106 cm³/mol. The first-order valence-corrected chi connectivity index (χ1v) is 9.48. The normalized spacial score (nSPS) is 17.3. The van der Waals surface area contributed by atoms with E-state index in [0.717, 1.165) is 52.4 Å². The minimum absolute atomic E-state index is 0.506. The molecule has 1 aliphatic rings. The summed E-state index contributed by atoms with van der Waals surface area (Å²) in [5.41, 5.74) is 1.45. The zero-order valence-electron chi connectivity index (χ0n) is 15.3. The SMILES string of the molecule is C/C=C/CC(CNCCN1CCOCC1)c1cccc2ccccc12. The van der Waals surface area contributed by atoms with E-state index in [1.54, 1.807) is 0 Å². The van der Waals surface area contributed by atoms with E-state index in [1.807, 2.05) is 0 Å². The Morgan fingerprint density at radius 1 is 1.12 bits per heavy atom. The molecule has 0 bridgehead atoms. The molecule has 3 rings (SSSR count). The molecule has 2 aromatic rings. The van der Waals surface area contributed by atoms with E-state index in [4.69, 9.17) is 4.74 Å². The standard InChI is InChI=1S/C22H30N2O/c1-2-3-7-20(18-23-12-13-24-14-16-25-17-15-24)22-11-6-9-19-8-4-5-10-21(19)22/h2-6,8-11,20,23H,7,12-18H2,1H3/b3-2+. The number of morpholine rings is 1. The Morgan fingerprint density at radius 3 is 2.76 bits per heavy atom. The maximum absolute atomic E-state index is 5.42. The van der Waals surface area contributed by atoms with Crippen LogP contribution in [0.15, 0.2) is 54.6 Å². The van der Waals surface area contributed by atoms with Crippen LogP contribution in [0.25, 0.3) is 10.8 Å². The van der Waals surface area contributed by atoms with Crippen LogP contribution in [0.1, 0.15) is 24.8 Å². The molecule has 0 amide bonds. The smallest absolute Gasteiger partial charge is 0.0594 e. The van der Waals surface area contributed by atoms with Crippen molar-refractivity contribution in [2.45, 2.75) is 19.3 Å². The molecule has 1 unspecified atom stereocenters. The number of rotatable bonds is 8. The molecule has 0 saturated carbocycles. The molecule has 0 spiro atoms. The summed E-state index contributed by atoms with van der Waals surface area (Å²) < 4.78 is 5.42. The minimum Gasteiger partial charge on any atom is -0.379 e. The Labute approximate surface area is 151 Å². The fourth-order valence-electron chi connectivity index (χ4n) is 3.57. The molecule has 134 valence electrons. The van der Waals surface area contributed by atoms with Gasteiger partial charge in [0.05, 0.1) is 13.2 Å². The van der Waals surface area contributed by atoms with Crippen molar-refractivity contribution in [3.05, 3.63) is 60.2 Å². The number of nitrogens with one attached hydrogen (secondary N) is 1. The first kappa shape index (κ1) is 18.1. The highest BCUT2D eigenvalue weighted by Crippen LogP contribution is 2.28. The Balaban J connectivity index is 1.62. The van der Waals surface area contributed by atoms with Gasteiger partial charge in [0.1, 0.15) is 0 Å². The van der Waals surface area contributed by atoms with Gasteiger partial charge in [0.25, 0.3) is 0 Å². The number of benzene rings is 2. The molecule has 1 fully saturated rings. The Bertz CT molecular complexity index is 671. The average molecular weight is 338 g/mol. The summed E-state index contributed by atoms with van der Waals surface area (Å²) in [5, 5.41) is 6.40. The third-order valence-electron chi connectivity index (χ3n) is 5.02. The maximum Gasteiger partial charge on any atom is 0.0594 e. The van der Waals surface area contributed by atoms with E-state index in [9.17, 15) is 0 Å². The molecule has 25 heavy (non-hydrogen) atoms. The van der Waals surface area contributed by atoms with Crippen LogP contribution in [0.4, 0.5) is 0 Å². The van der Waals surface area contributed by atoms with Crippen molar-refractivity contribution in [2.75, 3.05) is 45.9 Å². The van der Waals surface area contributed by atoms with Gasteiger partial charge in [-0.15, -0.1) is 0 Å². The van der Waals surface area contributed by atoms with E-state index in [0.29, 0.717) is 5.92 Å². The molecule has 2 aromatic carbocycles. The summed E-state index contributed by atoms with van der Waals surface area (Å²) in [4.78, 5) is 2.48. The third-order valence-corrected chi connectivity index (χ3v) is 5.02. The van der Waals surface area contributed by atoms with Crippen LogP contribution in [0.3, 0.4) is 0 Å². The predicted octanol–water partition coefficient (Wildman–Crippen LogP) is 3.81. The molecule has 0 aromatic heterocycles. The van der Waals surface area contributed by atoms with Crippen LogP contribution in [0, 0.1) is 0 Å². The van der Waals surface area contributed by atoms with Crippen molar-refractivity contribution in [3.63, 3.8) is 0 Å². The van der Waals surface area contributed by atoms with Gasteiger partial charge in [0.2, 0.25) is 0 Å². The average Bonchev–Trinajstić information content (AvgIpc) is 2.68. The zero-order chi connectivity index (χ0) is 17.3. The Hall–Kier alpha value is -1.68.